The number of carbonyl (C=O) groups excluding carboxylic acids is 1. The molecule has 0 aliphatic rings. The van der Waals surface area contributed by atoms with Gasteiger partial charge in [-0.05, 0) is 6.92 Å². The predicted octanol–water partition coefficient (Wildman–Crippen LogP) is 1.04. The Morgan fingerprint density at radius 2 is 2.41 bits per heavy atom. The number of urea groups is 1. The molecule has 0 aromatic carbocycles. The van der Waals surface area contributed by atoms with E-state index in [1.165, 1.54) is 6.39 Å². The van der Waals surface area contributed by atoms with Crippen LogP contribution in [0.4, 0.5) is 10.5 Å². The highest BCUT2D eigenvalue weighted by atomic mass is 16.3. The maximum absolute atomic E-state index is 11.5. The first-order valence-electron chi connectivity index (χ1n) is 5.07. The summed E-state index contributed by atoms with van der Waals surface area (Å²) in [5.41, 5.74) is 1.35. The van der Waals surface area contributed by atoms with Crippen LogP contribution in [0.3, 0.4) is 0 Å². The Labute approximate surface area is 97.8 Å². The minimum atomic E-state index is -0.305. The maximum atomic E-state index is 11.5. The molecule has 0 atom stereocenters. The summed E-state index contributed by atoms with van der Waals surface area (Å²) in [5, 5.41) is 9.27. The zero-order valence-corrected chi connectivity index (χ0v) is 9.60. The highest BCUT2D eigenvalue weighted by Gasteiger charge is 2.06. The number of hydrogen-bond acceptors (Lipinski definition) is 4. The lowest BCUT2D eigenvalue weighted by atomic mass is 10.4. The Balaban J connectivity index is 1.84. The molecule has 2 N–H and O–H groups in total. The second kappa shape index (κ2) is 4.69. The van der Waals surface area contributed by atoms with Crippen LogP contribution in [-0.4, -0.2) is 20.8 Å². The van der Waals surface area contributed by atoms with E-state index in [0.29, 0.717) is 23.7 Å². The SMILES string of the molecule is Cc1ocnc1CNC(=O)Nc1cnn(C)c1. The molecule has 2 heterocycles. The van der Waals surface area contributed by atoms with Crippen molar-refractivity contribution in [1.29, 1.82) is 0 Å². The van der Waals surface area contributed by atoms with Crippen molar-refractivity contribution >= 4 is 11.7 Å². The van der Waals surface area contributed by atoms with Crippen LogP contribution in [-0.2, 0) is 13.6 Å². The minimum absolute atomic E-state index is 0.305. The van der Waals surface area contributed by atoms with E-state index in [4.69, 9.17) is 4.42 Å². The van der Waals surface area contributed by atoms with Gasteiger partial charge in [0.2, 0.25) is 0 Å². The Kier molecular flexibility index (Phi) is 3.08. The molecule has 17 heavy (non-hydrogen) atoms. The minimum Gasteiger partial charge on any atom is -0.448 e. The molecule has 2 aromatic rings. The predicted molar refractivity (Wildman–Crippen MR) is 60.3 cm³/mol. The molecule has 7 heteroatoms. The number of nitrogens with one attached hydrogen (secondary N) is 2. The van der Waals surface area contributed by atoms with Crippen molar-refractivity contribution in [3.05, 3.63) is 30.2 Å². The number of carbonyl (C=O) groups is 1. The van der Waals surface area contributed by atoms with Crippen LogP contribution >= 0.6 is 0 Å². The Hall–Kier alpha value is -2.31. The monoisotopic (exact) mass is 235 g/mol. The van der Waals surface area contributed by atoms with E-state index in [1.54, 1.807) is 31.0 Å². The van der Waals surface area contributed by atoms with Crippen LogP contribution in [0.15, 0.2) is 23.2 Å². The van der Waals surface area contributed by atoms with Gasteiger partial charge in [-0.1, -0.05) is 0 Å². The van der Waals surface area contributed by atoms with Crippen LogP contribution in [0.2, 0.25) is 0 Å². The van der Waals surface area contributed by atoms with Crippen molar-refractivity contribution in [2.24, 2.45) is 7.05 Å². The molecule has 0 aliphatic carbocycles. The third-order valence-corrected chi connectivity index (χ3v) is 2.22. The van der Waals surface area contributed by atoms with E-state index >= 15 is 0 Å². The van der Waals surface area contributed by atoms with Crippen LogP contribution < -0.4 is 10.6 Å². The van der Waals surface area contributed by atoms with Gasteiger partial charge in [-0.2, -0.15) is 5.10 Å². The second-order valence-corrected chi connectivity index (χ2v) is 3.57. The standard InChI is InChI=1S/C10H13N5O2/c1-7-9(12-6-17-7)4-11-10(16)14-8-3-13-15(2)5-8/h3,5-6H,4H2,1-2H3,(H2,11,14,16). The number of aryl methyl sites for hydroxylation is 2. The topological polar surface area (TPSA) is 85.0 Å². The van der Waals surface area contributed by atoms with Gasteiger partial charge in [-0.25, -0.2) is 9.78 Å². The first-order valence-corrected chi connectivity index (χ1v) is 5.07. The van der Waals surface area contributed by atoms with Crippen molar-refractivity contribution in [1.82, 2.24) is 20.1 Å². The highest BCUT2D eigenvalue weighted by Crippen LogP contribution is 2.05. The summed E-state index contributed by atoms with van der Waals surface area (Å²) in [6.45, 7) is 2.12. The number of anilines is 1. The molecule has 0 fully saturated rings. The molecule has 7 nitrogen and oxygen atoms in total. The van der Waals surface area contributed by atoms with Crippen molar-refractivity contribution in [2.45, 2.75) is 13.5 Å². The summed E-state index contributed by atoms with van der Waals surface area (Å²) in [5.74, 6) is 0.701. The van der Waals surface area contributed by atoms with Gasteiger partial charge in [-0.15, -0.1) is 0 Å². The Morgan fingerprint density at radius 1 is 1.59 bits per heavy atom. The normalized spacial score (nSPS) is 10.2. The number of nitrogens with zero attached hydrogens (tertiary/aromatic N) is 3. The summed E-state index contributed by atoms with van der Waals surface area (Å²) in [6.07, 6.45) is 4.63. The van der Waals surface area contributed by atoms with Gasteiger partial charge in [0.1, 0.15) is 11.5 Å². The molecule has 90 valence electrons. The molecular weight excluding hydrogens is 222 g/mol. The molecule has 0 bridgehead atoms. The largest absolute Gasteiger partial charge is 0.448 e. The molecule has 2 aromatic heterocycles. The Bertz CT molecular complexity index is 516. The summed E-state index contributed by atoms with van der Waals surface area (Å²) in [6, 6.07) is -0.305. The summed E-state index contributed by atoms with van der Waals surface area (Å²) < 4.78 is 6.63. The maximum Gasteiger partial charge on any atom is 0.319 e. The van der Waals surface area contributed by atoms with E-state index in [-0.39, 0.29) is 6.03 Å². The summed E-state index contributed by atoms with van der Waals surface area (Å²) in [4.78, 5) is 15.5. The lowest BCUT2D eigenvalue weighted by Gasteiger charge is -2.03. The fourth-order valence-electron chi connectivity index (χ4n) is 1.32. The van der Waals surface area contributed by atoms with E-state index in [9.17, 15) is 4.79 Å². The van der Waals surface area contributed by atoms with Crippen LogP contribution in [0.25, 0.3) is 0 Å². The first-order chi connectivity index (χ1) is 8.15. The lowest BCUT2D eigenvalue weighted by Crippen LogP contribution is -2.28. The third-order valence-electron chi connectivity index (χ3n) is 2.22. The number of amides is 2. The van der Waals surface area contributed by atoms with Gasteiger partial charge in [0.25, 0.3) is 0 Å². The van der Waals surface area contributed by atoms with Gasteiger partial charge in [0.15, 0.2) is 6.39 Å². The zero-order chi connectivity index (χ0) is 12.3. The van der Waals surface area contributed by atoms with E-state index in [0.717, 1.165) is 0 Å². The van der Waals surface area contributed by atoms with Crippen LogP contribution in [0.5, 0.6) is 0 Å². The van der Waals surface area contributed by atoms with Crippen molar-refractivity contribution in [3.8, 4) is 0 Å². The van der Waals surface area contributed by atoms with Crippen LogP contribution in [0.1, 0.15) is 11.5 Å². The van der Waals surface area contributed by atoms with Gasteiger partial charge in [-0.3, -0.25) is 4.68 Å². The molecule has 0 aliphatic heterocycles. The first kappa shape index (κ1) is 11.2. The molecule has 0 radical (unpaired) electrons. The third kappa shape index (κ3) is 2.83. The van der Waals surface area contributed by atoms with E-state index in [1.807, 2.05) is 0 Å². The average Bonchev–Trinajstić information content (AvgIpc) is 2.85. The fourth-order valence-corrected chi connectivity index (χ4v) is 1.32. The molecule has 2 rings (SSSR count). The number of oxazole rings is 1. The number of rotatable bonds is 3. The van der Waals surface area contributed by atoms with Crippen molar-refractivity contribution < 1.29 is 9.21 Å². The average molecular weight is 235 g/mol. The summed E-state index contributed by atoms with van der Waals surface area (Å²) >= 11 is 0. The molecule has 0 unspecified atom stereocenters. The fraction of sp³-hybridized carbons (Fsp3) is 0.300. The highest BCUT2D eigenvalue weighted by molar-refractivity contribution is 5.88. The molecular formula is C10H13N5O2. The lowest BCUT2D eigenvalue weighted by molar-refractivity contribution is 0.251. The van der Waals surface area contributed by atoms with Crippen molar-refractivity contribution in [2.75, 3.05) is 5.32 Å². The van der Waals surface area contributed by atoms with Gasteiger partial charge >= 0.3 is 6.03 Å². The van der Waals surface area contributed by atoms with Gasteiger partial charge in [0, 0.05) is 13.2 Å². The van der Waals surface area contributed by atoms with E-state index in [2.05, 4.69) is 20.7 Å². The van der Waals surface area contributed by atoms with Gasteiger partial charge in [0.05, 0.1) is 18.4 Å². The second-order valence-electron chi connectivity index (χ2n) is 3.57. The molecule has 0 saturated heterocycles. The quantitative estimate of drug-likeness (QED) is 0.832. The Morgan fingerprint density at radius 3 is 3.00 bits per heavy atom. The zero-order valence-electron chi connectivity index (χ0n) is 9.60. The summed E-state index contributed by atoms with van der Waals surface area (Å²) in [7, 11) is 1.78. The van der Waals surface area contributed by atoms with Crippen molar-refractivity contribution in [3.63, 3.8) is 0 Å². The number of hydrogen-bond donors (Lipinski definition) is 2. The van der Waals surface area contributed by atoms with E-state index < -0.39 is 0 Å². The molecule has 0 spiro atoms. The van der Waals surface area contributed by atoms with Gasteiger partial charge < -0.3 is 15.1 Å². The smallest absolute Gasteiger partial charge is 0.319 e. The van der Waals surface area contributed by atoms with Crippen LogP contribution in [0, 0.1) is 6.92 Å². The molecule has 2 amide bonds. The molecule has 0 saturated carbocycles. The number of aromatic nitrogens is 3.